The molecular weight excluding hydrogens is 258 g/mol. The molecular formula is C11H8BrNO2. The quantitative estimate of drug-likeness (QED) is 0.479. The van der Waals surface area contributed by atoms with Gasteiger partial charge in [-0.2, -0.15) is 5.26 Å². The standard InChI is InChI=1S/C11H8BrNO2/c1-7-2-8(5-13)9(6-14)3-10(7)11(15)4-12/h2-3,6H,4H2,1H3. The number of rotatable bonds is 3. The molecule has 1 aromatic rings. The number of aldehydes is 1. The topological polar surface area (TPSA) is 57.9 Å². The first kappa shape index (κ1) is 11.6. The Labute approximate surface area is 95.8 Å². The third kappa shape index (κ3) is 2.31. The van der Waals surface area contributed by atoms with Crippen LogP contribution in [0.5, 0.6) is 0 Å². The number of hydrogen-bond donors (Lipinski definition) is 0. The van der Waals surface area contributed by atoms with Gasteiger partial charge in [0, 0.05) is 11.1 Å². The average molecular weight is 266 g/mol. The molecule has 3 nitrogen and oxygen atoms in total. The number of carbonyl (C=O) groups excluding carboxylic acids is 2. The molecule has 0 radical (unpaired) electrons. The molecule has 76 valence electrons. The van der Waals surface area contributed by atoms with Gasteiger partial charge in [0.2, 0.25) is 0 Å². The van der Waals surface area contributed by atoms with Crippen LogP contribution in [-0.4, -0.2) is 17.4 Å². The lowest BCUT2D eigenvalue weighted by molar-refractivity contribution is 0.102. The average Bonchev–Trinajstić information content (AvgIpc) is 2.27. The Hall–Kier alpha value is -1.47. The van der Waals surface area contributed by atoms with E-state index in [4.69, 9.17) is 5.26 Å². The Kier molecular flexibility index (Phi) is 3.75. The van der Waals surface area contributed by atoms with Gasteiger partial charge in [-0.25, -0.2) is 0 Å². The van der Waals surface area contributed by atoms with Crippen molar-refractivity contribution >= 4 is 28.0 Å². The van der Waals surface area contributed by atoms with Gasteiger partial charge in [-0.15, -0.1) is 0 Å². The molecule has 4 heteroatoms. The third-order valence-electron chi connectivity index (χ3n) is 2.07. The van der Waals surface area contributed by atoms with E-state index in [1.165, 1.54) is 6.07 Å². The number of nitrogens with zero attached hydrogens (tertiary/aromatic N) is 1. The number of aryl methyl sites for hydroxylation is 1. The van der Waals surface area contributed by atoms with Crippen LogP contribution < -0.4 is 0 Å². The van der Waals surface area contributed by atoms with E-state index in [-0.39, 0.29) is 16.7 Å². The molecule has 0 heterocycles. The first-order valence-corrected chi connectivity index (χ1v) is 5.35. The van der Waals surface area contributed by atoms with Crippen molar-refractivity contribution in [3.8, 4) is 6.07 Å². The van der Waals surface area contributed by atoms with Gasteiger partial charge in [0.05, 0.1) is 17.0 Å². The Morgan fingerprint density at radius 1 is 1.60 bits per heavy atom. The van der Waals surface area contributed by atoms with Gasteiger partial charge in [0.25, 0.3) is 0 Å². The molecule has 0 aliphatic carbocycles. The highest BCUT2D eigenvalue weighted by molar-refractivity contribution is 9.09. The van der Waals surface area contributed by atoms with Crippen molar-refractivity contribution in [3.63, 3.8) is 0 Å². The second kappa shape index (κ2) is 4.85. The minimum Gasteiger partial charge on any atom is -0.298 e. The van der Waals surface area contributed by atoms with Gasteiger partial charge in [-0.05, 0) is 24.6 Å². The fourth-order valence-corrected chi connectivity index (χ4v) is 1.59. The van der Waals surface area contributed by atoms with Crippen molar-refractivity contribution in [2.45, 2.75) is 6.92 Å². The second-order valence-corrected chi connectivity index (χ2v) is 3.60. The van der Waals surface area contributed by atoms with Crippen LogP contribution in [-0.2, 0) is 0 Å². The first-order chi connectivity index (χ1) is 7.13. The minimum absolute atomic E-state index is 0.0971. The number of nitriles is 1. The van der Waals surface area contributed by atoms with E-state index in [9.17, 15) is 9.59 Å². The van der Waals surface area contributed by atoms with Crippen LogP contribution in [0, 0.1) is 18.3 Å². The van der Waals surface area contributed by atoms with Crippen LogP contribution >= 0.6 is 15.9 Å². The third-order valence-corrected chi connectivity index (χ3v) is 2.58. The van der Waals surface area contributed by atoms with Crippen molar-refractivity contribution in [1.29, 1.82) is 5.26 Å². The van der Waals surface area contributed by atoms with Crippen molar-refractivity contribution in [3.05, 3.63) is 34.4 Å². The molecule has 0 aromatic heterocycles. The number of benzene rings is 1. The normalized spacial score (nSPS) is 9.40. The van der Waals surface area contributed by atoms with Crippen molar-refractivity contribution in [2.75, 3.05) is 5.33 Å². The Morgan fingerprint density at radius 3 is 2.73 bits per heavy atom. The fourth-order valence-electron chi connectivity index (χ4n) is 1.29. The maximum absolute atomic E-state index is 11.5. The number of halogens is 1. The summed E-state index contributed by atoms with van der Waals surface area (Å²) < 4.78 is 0. The SMILES string of the molecule is Cc1cc(C#N)c(C=O)cc1C(=O)CBr. The summed E-state index contributed by atoms with van der Waals surface area (Å²) in [4.78, 5) is 22.1. The highest BCUT2D eigenvalue weighted by atomic mass is 79.9. The van der Waals surface area contributed by atoms with E-state index in [0.29, 0.717) is 23.0 Å². The summed E-state index contributed by atoms with van der Waals surface area (Å²) in [5, 5.41) is 8.96. The predicted octanol–water partition coefficient (Wildman–Crippen LogP) is 2.26. The van der Waals surface area contributed by atoms with Crippen LogP contribution in [0.2, 0.25) is 0 Å². The van der Waals surface area contributed by atoms with Gasteiger partial charge in [-0.3, -0.25) is 9.59 Å². The Balaban J connectivity index is 3.40. The molecule has 15 heavy (non-hydrogen) atoms. The fraction of sp³-hybridized carbons (Fsp3) is 0.182. The van der Waals surface area contributed by atoms with Crippen molar-refractivity contribution < 1.29 is 9.59 Å². The molecule has 0 saturated heterocycles. The summed E-state index contributed by atoms with van der Waals surface area (Å²) in [6, 6.07) is 4.94. The Bertz CT molecular complexity index is 460. The molecule has 1 rings (SSSR count). The van der Waals surface area contributed by atoms with Gasteiger partial charge in [0.15, 0.2) is 12.1 Å². The van der Waals surface area contributed by atoms with Crippen LogP contribution in [0.4, 0.5) is 0 Å². The van der Waals surface area contributed by atoms with Crippen molar-refractivity contribution in [2.24, 2.45) is 0 Å². The summed E-state index contributed by atoms with van der Waals surface area (Å²) in [5.41, 5.74) is 1.75. The molecule has 0 bridgehead atoms. The monoisotopic (exact) mass is 265 g/mol. The Morgan fingerprint density at radius 2 is 2.27 bits per heavy atom. The lowest BCUT2D eigenvalue weighted by Crippen LogP contribution is -2.05. The lowest BCUT2D eigenvalue weighted by Gasteiger charge is -2.05. The van der Waals surface area contributed by atoms with E-state index in [1.807, 2.05) is 6.07 Å². The van der Waals surface area contributed by atoms with Crippen molar-refractivity contribution in [1.82, 2.24) is 0 Å². The summed E-state index contributed by atoms with van der Waals surface area (Å²) in [6.45, 7) is 1.74. The van der Waals surface area contributed by atoms with E-state index in [2.05, 4.69) is 15.9 Å². The number of Topliss-reactive ketones (excluding diaryl/α,β-unsaturated/α-hetero) is 1. The molecule has 0 aliphatic heterocycles. The zero-order valence-corrected chi connectivity index (χ0v) is 9.67. The number of carbonyl (C=O) groups is 2. The van der Waals surface area contributed by atoms with Crippen LogP contribution in [0.1, 0.15) is 31.8 Å². The molecule has 0 fully saturated rings. The molecule has 0 atom stereocenters. The molecule has 0 N–H and O–H groups in total. The summed E-state index contributed by atoms with van der Waals surface area (Å²) in [5.74, 6) is -0.0971. The van der Waals surface area contributed by atoms with Crippen LogP contribution in [0.15, 0.2) is 12.1 Å². The maximum Gasteiger partial charge on any atom is 0.173 e. The maximum atomic E-state index is 11.5. The minimum atomic E-state index is -0.0971. The summed E-state index contributed by atoms with van der Waals surface area (Å²) in [6.07, 6.45) is 0.586. The largest absolute Gasteiger partial charge is 0.298 e. The number of hydrogen-bond acceptors (Lipinski definition) is 3. The van der Waals surface area contributed by atoms with Gasteiger partial charge < -0.3 is 0 Å². The highest BCUT2D eigenvalue weighted by Gasteiger charge is 2.11. The predicted molar refractivity (Wildman–Crippen MR) is 59.4 cm³/mol. The molecule has 0 spiro atoms. The molecule has 0 amide bonds. The zero-order chi connectivity index (χ0) is 11.4. The molecule has 0 saturated carbocycles. The molecule has 0 aliphatic rings. The van der Waals surface area contributed by atoms with Gasteiger partial charge >= 0.3 is 0 Å². The first-order valence-electron chi connectivity index (χ1n) is 4.23. The van der Waals surface area contributed by atoms with E-state index in [1.54, 1.807) is 13.0 Å². The highest BCUT2D eigenvalue weighted by Crippen LogP contribution is 2.16. The van der Waals surface area contributed by atoms with Crippen LogP contribution in [0.25, 0.3) is 0 Å². The lowest BCUT2D eigenvalue weighted by atomic mass is 9.98. The van der Waals surface area contributed by atoms with Gasteiger partial charge in [0.1, 0.15) is 0 Å². The van der Waals surface area contributed by atoms with E-state index < -0.39 is 0 Å². The smallest absolute Gasteiger partial charge is 0.173 e. The van der Waals surface area contributed by atoms with E-state index in [0.717, 1.165) is 0 Å². The van der Waals surface area contributed by atoms with Crippen LogP contribution in [0.3, 0.4) is 0 Å². The second-order valence-electron chi connectivity index (χ2n) is 3.04. The van der Waals surface area contributed by atoms with Gasteiger partial charge in [-0.1, -0.05) is 15.9 Å². The summed E-state index contributed by atoms with van der Waals surface area (Å²) in [7, 11) is 0. The number of alkyl halides is 1. The zero-order valence-electron chi connectivity index (χ0n) is 8.08. The molecule has 0 unspecified atom stereocenters. The number of ketones is 1. The van der Waals surface area contributed by atoms with E-state index >= 15 is 0 Å². The summed E-state index contributed by atoms with van der Waals surface area (Å²) >= 11 is 3.06. The molecule has 1 aromatic carbocycles.